The Labute approximate surface area is 145 Å². The molecule has 0 N–H and O–H groups in total. The lowest BCUT2D eigenvalue weighted by Crippen LogP contribution is -2.43. The van der Waals surface area contributed by atoms with Gasteiger partial charge in [-0.3, -0.25) is 14.4 Å². The second-order valence-corrected chi connectivity index (χ2v) is 7.62. The lowest BCUT2D eigenvalue weighted by molar-refractivity contribution is -0.119. The number of amides is 1. The monoisotopic (exact) mass is 346 g/mol. The molecule has 2 aliphatic rings. The molecule has 1 amide bonds. The minimum absolute atomic E-state index is 0.109. The molecule has 1 atom stereocenters. The third-order valence-corrected chi connectivity index (χ3v) is 5.85. The summed E-state index contributed by atoms with van der Waals surface area (Å²) < 4.78 is 3.91. The van der Waals surface area contributed by atoms with E-state index in [1.54, 1.807) is 21.3 Å². The van der Waals surface area contributed by atoms with Crippen LogP contribution < -0.4 is 4.90 Å². The van der Waals surface area contributed by atoms with Gasteiger partial charge in [-0.05, 0) is 32.6 Å². The van der Waals surface area contributed by atoms with E-state index in [-0.39, 0.29) is 11.2 Å². The number of piperidine rings is 1. The van der Waals surface area contributed by atoms with Gasteiger partial charge in [0.2, 0.25) is 5.91 Å². The van der Waals surface area contributed by atoms with Crippen LogP contribution in [0.3, 0.4) is 0 Å². The summed E-state index contributed by atoms with van der Waals surface area (Å²) in [5, 5.41) is 13.9. The van der Waals surface area contributed by atoms with Crippen molar-refractivity contribution >= 4 is 23.5 Å². The molecule has 2 fully saturated rings. The van der Waals surface area contributed by atoms with Crippen LogP contribution in [0.15, 0.2) is 17.4 Å². The molecule has 1 aliphatic carbocycles. The van der Waals surface area contributed by atoms with Crippen molar-refractivity contribution in [3.8, 4) is 0 Å². The van der Waals surface area contributed by atoms with Crippen molar-refractivity contribution in [2.75, 3.05) is 11.4 Å². The Balaban J connectivity index is 1.53. The molecule has 8 heteroatoms. The van der Waals surface area contributed by atoms with E-state index in [2.05, 4.69) is 26.8 Å². The summed E-state index contributed by atoms with van der Waals surface area (Å²) in [7, 11) is 1.87. The van der Waals surface area contributed by atoms with Gasteiger partial charge in [0.15, 0.2) is 11.0 Å². The van der Waals surface area contributed by atoms with Crippen LogP contribution in [0, 0.1) is 0 Å². The summed E-state index contributed by atoms with van der Waals surface area (Å²) in [4.78, 5) is 14.7. The summed E-state index contributed by atoms with van der Waals surface area (Å²) >= 11 is 1.56. The van der Waals surface area contributed by atoms with E-state index in [0.29, 0.717) is 5.92 Å². The van der Waals surface area contributed by atoms with Crippen molar-refractivity contribution in [2.45, 2.75) is 55.5 Å². The van der Waals surface area contributed by atoms with Crippen molar-refractivity contribution in [3.05, 3.63) is 18.1 Å². The van der Waals surface area contributed by atoms with Crippen molar-refractivity contribution in [1.29, 1.82) is 0 Å². The highest BCUT2D eigenvalue weighted by atomic mass is 32.2. The molecule has 2 aromatic rings. The van der Waals surface area contributed by atoms with E-state index in [9.17, 15) is 4.79 Å². The number of hydrogen-bond donors (Lipinski definition) is 0. The molecule has 0 radical (unpaired) electrons. The molecule has 0 bridgehead atoms. The number of carbonyl (C=O) groups excluding carboxylic acids is 1. The molecule has 1 aliphatic heterocycles. The molecule has 4 rings (SSSR count). The normalized spacial score (nSPS) is 21.5. The zero-order valence-electron chi connectivity index (χ0n) is 14.1. The second-order valence-electron chi connectivity index (χ2n) is 6.45. The number of rotatable bonds is 5. The van der Waals surface area contributed by atoms with E-state index < -0.39 is 0 Å². The summed E-state index contributed by atoms with van der Waals surface area (Å²) in [6.07, 6.45) is 6.14. The van der Waals surface area contributed by atoms with Gasteiger partial charge in [-0.1, -0.05) is 11.8 Å². The molecule has 128 valence electrons. The lowest BCUT2D eigenvalue weighted by atomic mass is 10.1. The van der Waals surface area contributed by atoms with Gasteiger partial charge >= 0.3 is 0 Å². The van der Waals surface area contributed by atoms with Gasteiger partial charge in [0.1, 0.15) is 5.82 Å². The maximum Gasteiger partial charge on any atom is 0.241 e. The van der Waals surface area contributed by atoms with Crippen molar-refractivity contribution in [3.63, 3.8) is 0 Å². The molecule has 1 unspecified atom stereocenters. The minimum atomic E-state index is -0.109. The van der Waals surface area contributed by atoms with Crippen LogP contribution in [0.5, 0.6) is 0 Å². The summed E-state index contributed by atoms with van der Waals surface area (Å²) in [5.41, 5.74) is 0. The largest absolute Gasteiger partial charge is 0.306 e. The fraction of sp³-hybridized carbons (Fsp3) is 0.625. The first-order chi connectivity index (χ1) is 11.7. The molecule has 1 saturated heterocycles. The Bertz CT molecular complexity index is 750. The van der Waals surface area contributed by atoms with Crippen molar-refractivity contribution in [2.24, 2.45) is 7.05 Å². The number of carbonyl (C=O) groups is 1. The molecule has 0 aromatic carbocycles. The van der Waals surface area contributed by atoms with Crippen LogP contribution in [-0.4, -0.2) is 42.2 Å². The third-order valence-electron chi connectivity index (χ3n) is 4.62. The number of hydrogen-bond acceptors (Lipinski definition) is 5. The quantitative estimate of drug-likeness (QED) is 0.830. The third kappa shape index (κ3) is 2.83. The molecular weight excluding hydrogens is 324 g/mol. The van der Waals surface area contributed by atoms with Crippen LogP contribution in [0.2, 0.25) is 0 Å². The fourth-order valence-electron chi connectivity index (χ4n) is 3.18. The van der Waals surface area contributed by atoms with E-state index in [4.69, 9.17) is 0 Å². The summed E-state index contributed by atoms with van der Waals surface area (Å²) in [6.45, 7) is 3.70. The smallest absolute Gasteiger partial charge is 0.241 e. The molecule has 24 heavy (non-hydrogen) atoms. The highest BCUT2D eigenvalue weighted by Crippen LogP contribution is 2.41. The van der Waals surface area contributed by atoms with Crippen LogP contribution in [0.4, 0.5) is 5.82 Å². The standard InChI is InChI=1S/C16H22N6OS/c1-3-21-14(11-6-7-11)17-18-16(21)24-12-5-4-9-22(15(12)23)13-8-10-20(2)19-13/h8,10-12H,3-7,9H2,1-2H3. The van der Waals surface area contributed by atoms with Crippen LogP contribution in [-0.2, 0) is 18.4 Å². The second kappa shape index (κ2) is 6.23. The predicted octanol–water partition coefficient (Wildman–Crippen LogP) is 2.20. The zero-order chi connectivity index (χ0) is 16.7. The van der Waals surface area contributed by atoms with Gasteiger partial charge in [-0.2, -0.15) is 5.10 Å². The predicted molar refractivity (Wildman–Crippen MR) is 92.1 cm³/mol. The van der Waals surface area contributed by atoms with Gasteiger partial charge in [0.25, 0.3) is 0 Å². The molecule has 0 spiro atoms. The number of aromatic nitrogens is 5. The Morgan fingerprint density at radius 3 is 2.79 bits per heavy atom. The Morgan fingerprint density at radius 1 is 1.29 bits per heavy atom. The Morgan fingerprint density at radius 2 is 2.12 bits per heavy atom. The first-order valence-electron chi connectivity index (χ1n) is 8.58. The van der Waals surface area contributed by atoms with Crippen LogP contribution in [0.1, 0.15) is 44.3 Å². The van der Waals surface area contributed by atoms with E-state index in [1.165, 1.54) is 12.8 Å². The number of nitrogens with zero attached hydrogens (tertiary/aromatic N) is 6. The van der Waals surface area contributed by atoms with Crippen LogP contribution in [0.25, 0.3) is 0 Å². The minimum Gasteiger partial charge on any atom is -0.306 e. The number of thioether (sulfide) groups is 1. The first kappa shape index (κ1) is 15.7. The zero-order valence-corrected chi connectivity index (χ0v) is 14.9. The number of anilines is 1. The van der Waals surface area contributed by atoms with E-state index in [1.807, 2.05) is 19.3 Å². The average Bonchev–Trinajstić information content (AvgIpc) is 3.21. The van der Waals surface area contributed by atoms with Crippen molar-refractivity contribution in [1.82, 2.24) is 24.5 Å². The highest BCUT2D eigenvalue weighted by Gasteiger charge is 2.34. The fourth-order valence-corrected chi connectivity index (χ4v) is 4.39. The molecule has 3 heterocycles. The average molecular weight is 346 g/mol. The first-order valence-corrected chi connectivity index (χ1v) is 9.46. The van der Waals surface area contributed by atoms with Gasteiger partial charge in [0.05, 0.1) is 5.25 Å². The molecule has 7 nitrogen and oxygen atoms in total. The molecule has 1 saturated carbocycles. The van der Waals surface area contributed by atoms with Gasteiger partial charge in [-0.15, -0.1) is 10.2 Å². The SMILES string of the molecule is CCn1c(SC2CCCN(c3ccn(C)n3)C2=O)nnc1C1CC1. The van der Waals surface area contributed by atoms with E-state index >= 15 is 0 Å². The maximum absolute atomic E-state index is 12.9. The topological polar surface area (TPSA) is 68.8 Å². The van der Waals surface area contributed by atoms with Crippen molar-refractivity contribution < 1.29 is 4.79 Å². The van der Waals surface area contributed by atoms with Crippen LogP contribution >= 0.6 is 11.8 Å². The van der Waals surface area contributed by atoms with Gasteiger partial charge < -0.3 is 4.57 Å². The molecular formula is C16H22N6OS. The molecule has 2 aromatic heterocycles. The lowest BCUT2D eigenvalue weighted by Gasteiger charge is -2.30. The summed E-state index contributed by atoms with van der Waals surface area (Å²) in [5.74, 6) is 2.52. The highest BCUT2D eigenvalue weighted by molar-refractivity contribution is 8.00. The Kier molecular flexibility index (Phi) is 4.07. The van der Waals surface area contributed by atoms with E-state index in [0.717, 1.165) is 42.7 Å². The Hall–Kier alpha value is -1.83. The van der Waals surface area contributed by atoms with Gasteiger partial charge in [0, 0.05) is 38.3 Å². The van der Waals surface area contributed by atoms with Gasteiger partial charge in [-0.25, -0.2) is 0 Å². The maximum atomic E-state index is 12.9. The number of aryl methyl sites for hydroxylation is 1. The summed E-state index contributed by atoms with van der Waals surface area (Å²) in [6, 6.07) is 1.89.